The first-order valence-electron chi connectivity index (χ1n) is 4.02. The molecule has 14 heavy (non-hydrogen) atoms. The van der Waals surface area contributed by atoms with E-state index in [2.05, 4.69) is 0 Å². The third kappa shape index (κ3) is 0.867. The maximum atomic E-state index is 11.4. The molecule has 0 radical (unpaired) electrons. The highest BCUT2D eigenvalue weighted by molar-refractivity contribution is 8.08. The minimum absolute atomic E-state index is 0.611. The first-order chi connectivity index (χ1) is 6.42. The Morgan fingerprint density at radius 2 is 1.36 bits per heavy atom. The monoisotopic (exact) mass is 237 g/mol. The van der Waals surface area contributed by atoms with Gasteiger partial charge in [0.25, 0.3) is 0 Å². The molecule has 3 aliphatic rings. The van der Waals surface area contributed by atoms with Crippen LogP contribution in [0.15, 0.2) is 12.2 Å². The van der Waals surface area contributed by atoms with E-state index in [1.807, 2.05) is 0 Å². The summed E-state index contributed by atoms with van der Waals surface area (Å²) in [6, 6.07) is 0. The second kappa shape index (κ2) is 2.21. The van der Waals surface area contributed by atoms with Crippen molar-refractivity contribution in [2.45, 2.75) is 22.7 Å². The number of hydrogen-bond acceptors (Lipinski definition) is 5. The zero-order valence-electron chi connectivity index (χ0n) is 6.82. The van der Waals surface area contributed by atoms with Gasteiger partial charge in [-0.3, -0.25) is 0 Å². The molecular weight excluding hydrogens is 230 g/mol. The van der Waals surface area contributed by atoms with Crippen molar-refractivity contribution in [2.24, 2.45) is 0 Å². The standard InChI is InChI=1S/C6H7NO5S2/c8-13(9)5-3-1-2-4(12-3)6(5)14(10,11)7-13/h1-7H. The van der Waals surface area contributed by atoms with Crippen LogP contribution >= 0.6 is 0 Å². The number of rotatable bonds is 0. The van der Waals surface area contributed by atoms with E-state index in [1.54, 1.807) is 16.3 Å². The summed E-state index contributed by atoms with van der Waals surface area (Å²) in [6.07, 6.45) is 1.98. The van der Waals surface area contributed by atoms with Crippen molar-refractivity contribution in [1.82, 2.24) is 4.13 Å². The molecule has 2 saturated heterocycles. The molecule has 4 unspecified atom stereocenters. The highest BCUT2D eigenvalue weighted by Gasteiger charge is 2.63. The third-order valence-electron chi connectivity index (χ3n) is 2.73. The van der Waals surface area contributed by atoms with E-state index in [-0.39, 0.29) is 0 Å². The van der Waals surface area contributed by atoms with Crippen molar-refractivity contribution in [3.05, 3.63) is 12.2 Å². The van der Waals surface area contributed by atoms with E-state index in [1.165, 1.54) is 0 Å². The van der Waals surface area contributed by atoms with E-state index in [0.29, 0.717) is 0 Å². The van der Waals surface area contributed by atoms with Gasteiger partial charge in [-0.05, 0) is 0 Å². The third-order valence-corrected chi connectivity index (χ3v) is 7.31. The van der Waals surface area contributed by atoms with Crippen LogP contribution in [0.3, 0.4) is 0 Å². The van der Waals surface area contributed by atoms with Crippen LogP contribution < -0.4 is 4.13 Å². The molecular formula is C6H7NO5S2. The van der Waals surface area contributed by atoms with Crippen molar-refractivity contribution in [3.8, 4) is 0 Å². The van der Waals surface area contributed by atoms with Gasteiger partial charge in [0.1, 0.15) is 10.5 Å². The van der Waals surface area contributed by atoms with E-state index in [9.17, 15) is 16.8 Å². The lowest BCUT2D eigenvalue weighted by Crippen LogP contribution is -2.36. The Hall–Kier alpha value is -0.440. The SMILES string of the molecule is O=S1(=O)NS(=O)(=O)C2C3C=CC(O3)C21. The molecule has 4 atom stereocenters. The van der Waals surface area contributed by atoms with Gasteiger partial charge >= 0.3 is 0 Å². The normalized spacial score (nSPS) is 50.9. The molecule has 8 heteroatoms. The van der Waals surface area contributed by atoms with Crippen LogP contribution in [-0.4, -0.2) is 39.5 Å². The molecule has 3 aliphatic heterocycles. The summed E-state index contributed by atoms with van der Waals surface area (Å²) in [4.78, 5) is 0. The maximum Gasteiger partial charge on any atom is 0.231 e. The van der Waals surface area contributed by atoms with E-state index in [0.717, 1.165) is 0 Å². The molecule has 0 amide bonds. The molecule has 6 nitrogen and oxygen atoms in total. The molecule has 2 bridgehead atoms. The van der Waals surface area contributed by atoms with Crippen LogP contribution in [0.2, 0.25) is 0 Å². The van der Waals surface area contributed by atoms with Gasteiger partial charge in [0.15, 0.2) is 0 Å². The Bertz CT molecular complexity index is 472. The van der Waals surface area contributed by atoms with Gasteiger partial charge in [-0.15, -0.1) is 4.13 Å². The lowest BCUT2D eigenvalue weighted by atomic mass is 10.1. The first kappa shape index (κ1) is 8.84. The molecule has 0 aromatic carbocycles. The maximum absolute atomic E-state index is 11.4. The minimum atomic E-state index is -3.78. The summed E-state index contributed by atoms with van der Waals surface area (Å²) in [5.74, 6) is 0. The summed E-state index contributed by atoms with van der Waals surface area (Å²) >= 11 is 0. The summed E-state index contributed by atoms with van der Waals surface area (Å²) in [5.41, 5.74) is 0. The van der Waals surface area contributed by atoms with E-state index in [4.69, 9.17) is 4.74 Å². The fraction of sp³-hybridized carbons (Fsp3) is 0.667. The summed E-state index contributed by atoms with van der Waals surface area (Å²) in [7, 11) is -7.55. The summed E-state index contributed by atoms with van der Waals surface area (Å²) < 4.78 is 52.7. The predicted octanol–water partition coefficient (Wildman–Crippen LogP) is -1.68. The van der Waals surface area contributed by atoms with Gasteiger partial charge in [-0.2, -0.15) is 0 Å². The predicted molar refractivity (Wildman–Crippen MR) is 46.4 cm³/mol. The fourth-order valence-electron chi connectivity index (χ4n) is 2.22. The Kier molecular flexibility index (Phi) is 1.39. The molecule has 0 aromatic heterocycles. The average Bonchev–Trinajstić information content (AvgIpc) is 2.61. The molecule has 3 heterocycles. The molecule has 2 fully saturated rings. The number of fused-ring (bicyclic) bond motifs is 5. The van der Waals surface area contributed by atoms with Crippen molar-refractivity contribution in [3.63, 3.8) is 0 Å². The molecule has 1 N–H and O–H groups in total. The van der Waals surface area contributed by atoms with Crippen LogP contribution in [0.5, 0.6) is 0 Å². The second-order valence-electron chi connectivity index (χ2n) is 3.55. The van der Waals surface area contributed by atoms with E-state index < -0.39 is 42.8 Å². The lowest BCUT2D eigenvalue weighted by molar-refractivity contribution is 0.121. The van der Waals surface area contributed by atoms with Crippen LogP contribution in [0.1, 0.15) is 0 Å². The zero-order chi connectivity index (χ0) is 10.1. The molecule has 0 saturated carbocycles. The van der Waals surface area contributed by atoms with Crippen molar-refractivity contribution >= 4 is 20.0 Å². The Morgan fingerprint density at radius 3 is 1.79 bits per heavy atom. The zero-order valence-corrected chi connectivity index (χ0v) is 8.45. The number of nitrogens with one attached hydrogen (secondary N) is 1. The van der Waals surface area contributed by atoms with Gasteiger partial charge in [0.2, 0.25) is 20.0 Å². The Morgan fingerprint density at radius 1 is 0.929 bits per heavy atom. The quantitative estimate of drug-likeness (QED) is 0.508. The first-order valence-corrected chi connectivity index (χ1v) is 7.11. The second-order valence-corrected chi connectivity index (χ2v) is 7.49. The van der Waals surface area contributed by atoms with Crippen molar-refractivity contribution in [1.29, 1.82) is 0 Å². The number of sulfonamides is 2. The smallest absolute Gasteiger partial charge is 0.231 e. The van der Waals surface area contributed by atoms with Gasteiger partial charge in [0, 0.05) is 0 Å². The Labute approximate surface area is 81.0 Å². The fourth-order valence-corrected chi connectivity index (χ4v) is 7.31. The van der Waals surface area contributed by atoms with Crippen LogP contribution in [0.25, 0.3) is 0 Å². The van der Waals surface area contributed by atoms with Crippen LogP contribution in [-0.2, 0) is 24.8 Å². The van der Waals surface area contributed by atoms with Gasteiger partial charge in [0.05, 0.1) is 12.2 Å². The highest BCUT2D eigenvalue weighted by Crippen LogP contribution is 2.40. The lowest BCUT2D eigenvalue weighted by Gasteiger charge is -2.11. The number of hydrogen-bond donors (Lipinski definition) is 1. The number of ether oxygens (including phenoxy) is 1. The summed E-state index contributed by atoms with van der Waals surface area (Å²) in [6.45, 7) is 0. The molecule has 0 aliphatic carbocycles. The van der Waals surface area contributed by atoms with E-state index >= 15 is 0 Å². The van der Waals surface area contributed by atoms with Gasteiger partial charge in [-0.25, -0.2) is 16.8 Å². The van der Waals surface area contributed by atoms with Crippen LogP contribution in [0.4, 0.5) is 0 Å². The average molecular weight is 237 g/mol. The van der Waals surface area contributed by atoms with Crippen molar-refractivity contribution in [2.75, 3.05) is 0 Å². The molecule has 0 aromatic rings. The molecule has 0 spiro atoms. The van der Waals surface area contributed by atoms with Crippen LogP contribution in [0, 0.1) is 0 Å². The van der Waals surface area contributed by atoms with Gasteiger partial charge < -0.3 is 4.74 Å². The summed E-state index contributed by atoms with van der Waals surface area (Å²) in [5, 5.41) is -1.94. The van der Waals surface area contributed by atoms with Gasteiger partial charge in [-0.1, -0.05) is 12.2 Å². The Balaban J connectivity index is 2.25. The topological polar surface area (TPSA) is 89.5 Å². The van der Waals surface area contributed by atoms with Crippen molar-refractivity contribution < 1.29 is 21.6 Å². The largest absolute Gasteiger partial charge is 0.364 e. The molecule has 78 valence electrons. The highest BCUT2D eigenvalue weighted by atomic mass is 32.3. The minimum Gasteiger partial charge on any atom is -0.364 e. The molecule has 3 rings (SSSR count).